The monoisotopic (exact) mass is 463 g/mol. The number of likely N-dealkylation sites (tertiary alicyclic amines) is 2. The van der Waals surface area contributed by atoms with E-state index >= 15 is 0 Å². The van der Waals surface area contributed by atoms with Gasteiger partial charge in [0.05, 0.1) is 0 Å². The van der Waals surface area contributed by atoms with Crippen molar-refractivity contribution < 1.29 is 14.3 Å². The van der Waals surface area contributed by atoms with E-state index in [0.717, 1.165) is 38.0 Å². The van der Waals surface area contributed by atoms with Gasteiger partial charge in [-0.25, -0.2) is 0 Å². The first-order chi connectivity index (χ1) is 16.5. The number of amides is 2. The van der Waals surface area contributed by atoms with Crippen LogP contribution in [0.3, 0.4) is 0 Å². The molecule has 2 aliphatic rings. The van der Waals surface area contributed by atoms with E-state index in [4.69, 9.17) is 4.74 Å². The van der Waals surface area contributed by atoms with Crippen molar-refractivity contribution in [2.75, 3.05) is 19.7 Å². The summed E-state index contributed by atoms with van der Waals surface area (Å²) in [6, 6.07) is 15.8. The average Bonchev–Trinajstić information content (AvgIpc) is 3.35. The molecule has 0 saturated carbocycles. The van der Waals surface area contributed by atoms with Crippen LogP contribution in [0.25, 0.3) is 0 Å². The molecule has 6 heteroatoms. The van der Waals surface area contributed by atoms with E-state index in [1.807, 2.05) is 11.0 Å². The molecule has 2 heterocycles. The second-order valence-electron chi connectivity index (χ2n) is 9.68. The Morgan fingerprint density at radius 2 is 1.56 bits per heavy atom. The van der Waals surface area contributed by atoms with Gasteiger partial charge in [0, 0.05) is 30.7 Å². The minimum atomic E-state index is -0.116. The number of rotatable bonds is 8. The third-order valence-corrected chi connectivity index (χ3v) is 7.11. The Labute approximate surface area is 203 Å². The molecule has 2 saturated heterocycles. The summed E-state index contributed by atoms with van der Waals surface area (Å²) in [4.78, 5) is 29.8. The van der Waals surface area contributed by atoms with Crippen molar-refractivity contribution in [2.24, 2.45) is 0 Å². The first kappa shape index (κ1) is 24.3. The van der Waals surface area contributed by atoms with Crippen LogP contribution in [0, 0.1) is 0 Å². The molecule has 2 amide bonds. The molecule has 34 heavy (non-hydrogen) atoms. The number of piperidine rings is 1. The normalized spacial score (nSPS) is 20.8. The van der Waals surface area contributed by atoms with Gasteiger partial charge in [0.2, 0.25) is 0 Å². The lowest BCUT2D eigenvalue weighted by molar-refractivity contribution is -0.139. The molecule has 2 aliphatic heterocycles. The van der Waals surface area contributed by atoms with Crippen molar-refractivity contribution in [3.05, 3.63) is 65.2 Å². The topological polar surface area (TPSA) is 61.9 Å². The second kappa shape index (κ2) is 11.5. The molecule has 0 spiro atoms. The molecule has 0 aromatic heterocycles. The summed E-state index contributed by atoms with van der Waals surface area (Å²) in [6.07, 6.45) is 5.79. The lowest BCUT2D eigenvalue weighted by Gasteiger charge is -2.38. The number of hydrogen-bond acceptors (Lipinski definition) is 4. The second-order valence-corrected chi connectivity index (χ2v) is 9.68. The third-order valence-electron chi connectivity index (χ3n) is 7.11. The van der Waals surface area contributed by atoms with Gasteiger partial charge in [0.1, 0.15) is 5.75 Å². The number of carbonyl (C=O) groups excluding carboxylic acids is 2. The van der Waals surface area contributed by atoms with Crippen molar-refractivity contribution in [1.29, 1.82) is 0 Å². The van der Waals surface area contributed by atoms with E-state index in [2.05, 4.69) is 42.3 Å². The summed E-state index contributed by atoms with van der Waals surface area (Å²) in [5, 5.41) is 3.04. The molecule has 182 valence electrons. The molecular formula is C28H37N3O3. The molecule has 2 fully saturated rings. The summed E-state index contributed by atoms with van der Waals surface area (Å²) < 4.78 is 5.73. The van der Waals surface area contributed by atoms with Crippen LogP contribution in [0.5, 0.6) is 5.75 Å². The van der Waals surface area contributed by atoms with E-state index in [1.54, 1.807) is 24.3 Å². The van der Waals surface area contributed by atoms with Crippen LogP contribution < -0.4 is 10.1 Å². The molecule has 0 aliphatic carbocycles. The Morgan fingerprint density at radius 1 is 0.912 bits per heavy atom. The lowest BCUT2D eigenvalue weighted by Crippen LogP contribution is -2.49. The zero-order valence-electron chi connectivity index (χ0n) is 20.5. The van der Waals surface area contributed by atoms with Gasteiger partial charge in [0.25, 0.3) is 11.8 Å². The maximum atomic E-state index is 12.7. The lowest BCUT2D eigenvalue weighted by atomic mass is 9.97. The molecule has 2 aromatic rings. The highest BCUT2D eigenvalue weighted by molar-refractivity contribution is 5.94. The van der Waals surface area contributed by atoms with Crippen LogP contribution in [0.4, 0.5) is 0 Å². The van der Waals surface area contributed by atoms with Crippen molar-refractivity contribution in [3.63, 3.8) is 0 Å². The molecule has 2 aromatic carbocycles. The highest BCUT2D eigenvalue weighted by Crippen LogP contribution is 2.23. The number of benzene rings is 2. The summed E-state index contributed by atoms with van der Waals surface area (Å²) in [7, 11) is 0. The van der Waals surface area contributed by atoms with Crippen molar-refractivity contribution >= 4 is 11.8 Å². The van der Waals surface area contributed by atoms with Gasteiger partial charge in [-0.3, -0.25) is 14.5 Å². The fraction of sp³-hybridized carbons (Fsp3) is 0.500. The number of nitrogens with one attached hydrogen (secondary N) is 1. The highest BCUT2D eigenvalue weighted by atomic mass is 16.5. The maximum absolute atomic E-state index is 12.7. The predicted molar refractivity (Wildman–Crippen MR) is 134 cm³/mol. The Bertz CT molecular complexity index is 959. The van der Waals surface area contributed by atoms with Crippen molar-refractivity contribution in [1.82, 2.24) is 15.1 Å². The van der Waals surface area contributed by atoms with Crippen LogP contribution in [0.1, 0.15) is 67.4 Å². The number of ether oxygens (including phenoxy) is 1. The van der Waals surface area contributed by atoms with E-state index in [-0.39, 0.29) is 30.5 Å². The molecule has 2 atom stereocenters. The average molecular weight is 464 g/mol. The van der Waals surface area contributed by atoms with Crippen molar-refractivity contribution in [3.8, 4) is 5.75 Å². The zero-order chi connectivity index (χ0) is 23.9. The molecule has 0 bridgehead atoms. The quantitative estimate of drug-likeness (QED) is 0.631. The fourth-order valence-electron chi connectivity index (χ4n) is 5.18. The first-order valence-electron chi connectivity index (χ1n) is 12.6. The molecule has 1 N–H and O–H groups in total. The third kappa shape index (κ3) is 6.17. The SMILES string of the molecule is CC1CCCC(C)N1C(=O)COc1ccc(C(=O)NCc2ccccc2CN2CCCC2)cc1. The minimum Gasteiger partial charge on any atom is -0.484 e. The number of hydrogen-bond donors (Lipinski definition) is 1. The molecule has 4 rings (SSSR count). The fourth-order valence-corrected chi connectivity index (χ4v) is 5.18. The van der Waals surface area contributed by atoms with Gasteiger partial charge in [-0.15, -0.1) is 0 Å². The maximum Gasteiger partial charge on any atom is 0.260 e. The number of carbonyl (C=O) groups is 2. The van der Waals surface area contributed by atoms with Gasteiger partial charge in [-0.1, -0.05) is 24.3 Å². The Kier molecular flexibility index (Phi) is 8.22. The van der Waals surface area contributed by atoms with Crippen LogP contribution in [0.2, 0.25) is 0 Å². The molecule has 2 unspecified atom stereocenters. The standard InChI is InChI=1S/C28H37N3O3/c1-21-8-7-9-22(2)31(21)27(32)20-34-26-14-12-23(13-15-26)28(33)29-18-24-10-3-4-11-25(24)19-30-16-5-6-17-30/h3-4,10-15,21-22H,5-9,16-20H2,1-2H3,(H,29,33). The highest BCUT2D eigenvalue weighted by Gasteiger charge is 2.29. The van der Waals surface area contributed by atoms with Gasteiger partial charge in [-0.05, 0) is 94.4 Å². The largest absolute Gasteiger partial charge is 0.484 e. The van der Waals surface area contributed by atoms with E-state index in [1.165, 1.54) is 24.8 Å². The van der Waals surface area contributed by atoms with Crippen molar-refractivity contribution in [2.45, 2.75) is 71.1 Å². The number of nitrogens with zero attached hydrogens (tertiary/aromatic N) is 2. The van der Waals surface area contributed by atoms with Gasteiger partial charge in [0.15, 0.2) is 6.61 Å². The summed E-state index contributed by atoms with van der Waals surface area (Å²) >= 11 is 0. The Morgan fingerprint density at radius 3 is 2.24 bits per heavy atom. The Hall–Kier alpha value is -2.86. The summed E-state index contributed by atoms with van der Waals surface area (Å²) in [5.74, 6) is 0.502. The van der Waals surface area contributed by atoms with Crippen LogP contribution in [-0.4, -0.2) is 53.4 Å². The van der Waals surface area contributed by atoms with Gasteiger partial charge < -0.3 is 15.0 Å². The van der Waals surface area contributed by atoms with E-state index in [9.17, 15) is 9.59 Å². The zero-order valence-corrected chi connectivity index (χ0v) is 20.5. The predicted octanol–water partition coefficient (Wildman–Crippen LogP) is 4.38. The molecule has 0 radical (unpaired) electrons. The van der Waals surface area contributed by atoms with Crippen LogP contribution in [-0.2, 0) is 17.9 Å². The first-order valence-corrected chi connectivity index (χ1v) is 12.6. The van der Waals surface area contributed by atoms with E-state index < -0.39 is 0 Å². The molecule has 6 nitrogen and oxygen atoms in total. The smallest absolute Gasteiger partial charge is 0.260 e. The summed E-state index contributed by atoms with van der Waals surface area (Å²) in [6.45, 7) is 7.97. The van der Waals surface area contributed by atoms with Crippen LogP contribution in [0.15, 0.2) is 48.5 Å². The van der Waals surface area contributed by atoms with Gasteiger partial charge in [-0.2, -0.15) is 0 Å². The minimum absolute atomic E-state index is 0.0219. The van der Waals surface area contributed by atoms with E-state index in [0.29, 0.717) is 17.9 Å². The Balaban J connectivity index is 1.28. The van der Waals surface area contributed by atoms with Crippen LogP contribution >= 0.6 is 0 Å². The van der Waals surface area contributed by atoms with Gasteiger partial charge >= 0.3 is 0 Å². The summed E-state index contributed by atoms with van der Waals surface area (Å²) in [5.41, 5.74) is 3.01. The molecular weight excluding hydrogens is 426 g/mol.